The summed E-state index contributed by atoms with van der Waals surface area (Å²) < 4.78 is 34.0. The third-order valence-corrected chi connectivity index (χ3v) is 0. The quantitative estimate of drug-likeness (QED) is 0.390. The van der Waals surface area contributed by atoms with E-state index in [0.29, 0.717) is 0 Å². The molecular formula is H2ClO5Sb-. The van der Waals surface area contributed by atoms with Crippen molar-refractivity contribution in [3.05, 3.63) is 0 Å². The average Bonchev–Trinajstić information content (AvgIpc) is 0.722. The molecule has 0 amide bonds. The van der Waals surface area contributed by atoms with E-state index in [9.17, 15) is 0 Å². The number of hydrogen-bond acceptors (Lipinski definition) is 4. The SMILES string of the molecule is O.[O-][Cl+3]([O-])([O-])[O-].[Sb]. The van der Waals surface area contributed by atoms with E-state index in [0.717, 1.165) is 0 Å². The molecule has 0 spiro atoms. The van der Waals surface area contributed by atoms with Gasteiger partial charge >= 0.3 is 0 Å². The Labute approximate surface area is 59.1 Å². The molecule has 0 unspecified atom stereocenters. The van der Waals surface area contributed by atoms with Crippen molar-refractivity contribution in [1.82, 2.24) is 0 Å². The number of halogens is 1. The van der Waals surface area contributed by atoms with Gasteiger partial charge in [-0.15, -0.1) is 10.2 Å². The van der Waals surface area contributed by atoms with E-state index in [1.54, 1.807) is 0 Å². The van der Waals surface area contributed by atoms with Gasteiger partial charge < -0.3 is 5.48 Å². The summed E-state index contributed by atoms with van der Waals surface area (Å²) >= 11 is 0. The van der Waals surface area contributed by atoms with Crippen LogP contribution in [0.2, 0.25) is 0 Å². The predicted molar refractivity (Wildman–Crippen MR) is 9.37 cm³/mol. The van der Waals surface area contributed by atoms with Crippen molar-refractivity contribution < 1.29 is 34.4 Å². The van der Waals surface area contributed by atoms with Crippen molar-refractivity contribution in [2.75, 3.05) is 0 Å². The van der Waals surface area contributed by atoms with Gasteiger partial charge in [-0.3, -0.25) is 0 Å². The summed E-state index contributed by atoms with van der Waals surface area (Å²) in [7, 11) is -4.94. The summed E-state index contributed by atoms with van der Waals surface area (Å²) in [6, 6.07) is 0. The molecule has 2 N–H and O–H groups in total. The first kappa shape index (κ1) is 15.7. The molecule has 0 heterocycles. The van der Waals surface area contributed by atoms with Crippen LogP contribution >= 0.6 is 0 Å². The Kier molecular flexibility index (Phi) is 11.3. The zero-order valence-electron chi connectivity index (χ0n) is 2.96. The average molecular weight is 239 g/mol. The van der Waals surface area contributed by atoms with Gasteiger partial charge in [-0.1, -0.05) is 0 Å². The summed E-state index contributed by atoms with van der Waals surface area (Å²) in [6.07, 6.45) is 0. The van der Waals surface area contributed by atoms with Crippen molar-refractivity contribution in [1.29, 1.82) is 0 Å². The van der Waals surface area contributed by atoms with Gasteiger partial charge in [0.2, 0.25) is 0 Å². The molecule has 0 aliphatic heterocycles. The van der Waals surface area contributed by atoms with Gasteiger partial charge in [0.05, 0.1) is 0 Å². The molecule has 3 radical (unpaired) electrons. The first-order valence-electron chi connectivity index (χ1n) is 0.617. The molecule has 7 heteroatoms. The van der Waals surface area contributed by atoms with Crippen molar-refractivity contribution in [3.8, 4) is 0 Å². The molecule has 0 aromatic heterocycles. The van der Waals surface area contributed by atoms with E-state index < -0.39 is 10.2 Å². The van der Waals surface area contributed by atoms with Crippen molar-refractivity contribution in [3.63, 3.8) is 0 Å². The van der Waals surface area contributed by atoms with E-state index in [2.05, 4.69) is 0 Å². The van der Waals surface area contributed by atoms with Crippen molar-refractivity contribution >= 4 is 24.4 Å². The molecule has 0 rings (SSSR count). The van der Waals surface area contributed by atoms with Crippen LogP contribution in [0.5, 0.6) is 0 Å². The Balaban J connectivity index is -0.0000000800. The van der Waals surface area contributed by atoms with Gasteiger partial charge in [0.15, 0.2) is 0 Å². The Morgan fingerprint density at radius 2 is 0.857 bits per heavy atom. The fourth-order valence-electron chi connectivity index (χ4n) is 0. The van der Waals surface area contributed by atoms with E-state index in [-0.39, 0.29) is 29.9 Å². The zero-order valence-corrected chi connectivity index (χ0v) is 6.27. The minimum absolute atomic E-state index is 0. The van der Waals surface area contributed by atoms with Crippen LogP contribution in [0.4, 0.5) is 0 Å². The molecule has 0 aromatic rings. The third-order valence-electron chi connectivity index (χ3n) is 0. The summed E-state index contributed by atoms with van der Waals surface area (Å²) in [5, 5.41) is 0. The summed E-state index contributed by atoms with van der Waals surface area (Å²) in [5.74, 6) is 0. The minimum Gasteiger partial charge on any atom is -0.412 e. The molecule has 5 nitrogen and oxygen atoms in total. The van der Waals surface area contributed by atoms with Gasteiger partial charge in [-0.2, -0.15) is 0 Å². The molecule has 0 aromatic carbocycles. The number of hydrogen-bond donors (Lipinski definition) is 0. The Morgan fingerprint density at radius 3 is 0.857 bits per heavy atom. The standard InChI is InChI=1S/ClHO4.H2O.Sb/c2-1(3,4)5;;/h(H,2,3,4,5);1H2;/p-1. The van der Waals surface area contributed by atoms with Gasteiger partial charge in [-0.05, 0) is 0 Å². The molecule has 0 fully saturated rings. The second-order valence-corrected chi connectivity index (χ2v) is 1.13. The van der Waals surface area contributed by atoms with Crippen LogP contribution in [0, 0.1) is 10.2 Å². The molecule has 0 aliphatic rings. The van der Waals surface area contributed by atoms with Gasteiger partial charge in [0, 0.05) is 24.4 Å². The van der Waals surface area contributed by atoms with E-state index >= 15 is 0 Å². The maximum atomic E-state index is 8.49. The van der Waals surface area contributed by atoms with Crippen LogP contribution in [0.25, 0.3) is 0 Å². The Morgan fingerprint density at radius 1 is 0.857 bits per heavy atom. The van der Waals surface area contributed by atoms with E-state index in [1.807, 2.05) is 0 Å². The van der Waals surface area contributed by atoms with E-state index in [1.165, 1.54) is 0 Å². The first-order chi connectivity index (χ1) is 2.00. The summed E-state index contributed by atoms with van der Waals surface area (Å²) in [4.78, 5) is 0. The van der Waals surface area contributed by atoms with Crippen LogP contribution in [0.3, 0.4) is 0 Å². The summed E-state index contributed by atoms with van der Waals surface area (Å²) in [6.45, 7) is 0. The van der Waals surface area contributed by atoms with Crippen molar-refractivity contribution in [2.24, 2.45) is 0 Å². The molecular weight excluding hydrogens is 237 g/mol. The molecule has 45 valence electrons. The second-order valence-electron chi connectivity index (χ2n) is 0.378. The Bertz CT molecular complexity index is 23.6. The second kappa shape index (κ2) is 5.05. The van der Waals surface area contributed by atoms with Crippen molar-refractivity contribution in [2.45, 2.75) is 0 Å². The molecule has 0 saturated carbocycles. The molecule has 0 aliphatic carbocycles. The minimum atomic E-state index is -4.94. The van der Waals surface area contributed by atoms with Gasteiger partial charge in [-0.25, -0.2) is 18.6 Å². The third kappa shape index (κ3) is 202. The van der Waals surface area contributed by atoms with E-state index in [4.69, 9.17) is 18.6 Å². The zero-order chi connectivity index (χ0) is 4.50. The molecule has 0 saturated heterocycles. The predicted octanol–water partition coefficient (Wildman–Crippen LogP) is -5.96. The smallest absolute Gasteiger partial charge is 0 e. The van der Waals surface area contributed by atoms with Crippen LogP contribution in [0.15, 0.2) is 0 Å². The van der Waals surface area contributed by atoms with Crippen LogP contribution < -0.4 is 18.6 Å². The molecule has 0 atom stereocenters. The first-order valence-corrected chi connectivity index (χ1v) is 1.85. The Hall–Kier alpha value is 0.908. The van der Waals surface area contributed by atoms with Gasteiger partial charge in [0.1, 0.15) is 0 Å². The maximum Gasteiger partial charge on any atom is 0 e. The number of rotatable bonds is 0. The maximum absolute atomic E-state index is 8.49. The normalized spacial score (nSPS) is 8.57. The fraction of sp³-hybridized carbons (Fsp3) is 0. The fourth-order valence-corrected chi connectivity index (χ4v) is 0. The van der Waals surface area contributed by atoms with Gasteiger partial charge in [0.25, 0.3) is 0 Å². The van der Waals surface area contributed by atoms with Crippen LogP contribution in [-0.4, -0.2) is 29.9 Å². The van der Waals surface area contributed by atoms with Crippen LogP contribution in [-0.2, 0) is 0 Å². The topological polar surface area (TPSA) is 124 Å². The molecule has 0 bridgehead atoms. The molecule has 7 heavy (non-hydrogen) atoms. The monoisotopic (exact) mass is 238 g/mol. The van der Waals surface area contributed by atoms with Crippen LogP contribution in [0.1, 0.15) is 0 Å². The largest absolute Gasteiger partial charge is 0.412 e. The summed E-state index contributed by atoms with van der Waals surface area (Å²) in [5.41, 5.74) is 0.